The number of hydrogen-bond acceptors (Lipinski definition) is 7. The summed E-state index contributed by atoms with van der Waals surface area (Å²) in [4.78, 5) is 11.5. The van der Waals surface area contributed by atoms with Gasteiger partial charge in [-0.05, 0) is 35.5 Å². The van der Waals surface area contributed by atoms with Crippen molar-refractivity contribution in [2.45, 2.75) is 18.6 Å². The summed E-state index contributed by atoms with van der Waals surface area (Å²) in [6.07, 6.45) is 7.16. The van der Waals surface area contributed by atoms with Crippen molar-refractivity contribution in [2.24, 2.45) is 0 Å². The van der Waals surface area contributed by atoms with E-state index in [0.29, 0.717) is 29.4 Å². The van der Waals surface area contributed by atoms with Crippen molar-refractivity contribution in [2.75, 3.05) is 13.7 Å². The van der Waals surface area contributed by atoms with Crippen molar-refractivity contribution >= 4 is 35.4 Å². The zero-order valence-electron chi connectivity index (χ0n) is 14.0. The molecule has 26 heavy (non-hydrogen) atoms. The summed E-state index contributed by atoms with van der Waals surface area (Å²) in [7, 11) is 1.44. The smallest absolute Gasteiger partial charge is 0.342 e. The van der Waals surface area contributed by atoms with Crippen LogP contribution in [0.25, 0.3) is 6.08 Å². The van der Waals surface area contributed by atoms with Gasteiger partial charge in [0.25, 0.3) is 5.22 Å². The fourth-order valence-electron chi connectivity index (χ4n) is 1.88. The van der Waals surface area contributed by atoms with Crippen LogP contribution >= 0.6 is 23.4 Å². The highest BCUT2D eigenvalue weighted by Crippen LogP contribution is 2.38. The minimum atomic E-state index is -1.14. The fourth-order valence-corrected chi connectivity index (χ4v) is 2.84. The number of halogens is 1. The summed E-state index contributed by atoms with van der Waals surface area (Å²) < 4.78 is 15.9. The monoisotopic (exact) mass is 394 g/mol. The standard InChI is InChI=1S/C17H15ClN2O5S/c1-4-6-24-15-11(18)7-10(8-12(15)23-3)9-13(16(21)22)26-17-20-19-14(5-2)25-17/h1,7-9H,5-6H2,2-3H3,(H,21,22)/b13-9+. The number of carboxylic acids is 1. The van der Waals surface area contributed by atoms with Crippen LogP contribution < -0.4 is 9.47 Å². The van der Waals surface area contributed by atoms with Gasteiger partial charge in [-0.1, -0.05) is 24.4 Å². The predicted octanol–water partition coefficient (Wildman–Crippen LogP) is 3.52. The van der Waals surface area contributed by atoms with Crippen LogP contribution in [0, 0.1) is 12.3 Å². The highest BCUT2D eigenvalue weighted by atomic mass is 35.5. The molecule has 9 heteroatoms. The molecule has 0 saturated heterocycles. The molecule has 0 saturated carbocycles. The van der Waals surface area contributed by atoms with Crippen molar-refractivity contribution in [1.29, 1.82) is 0 Å². The van der Waals surface area contributed by atoms with Crippen LogP contribution in [0.3, 0.4) is 0 Å². The van der Waals surface area contributed by atoms with Gasteiger partial charge in [0, 0.05) is 6.42 Å². The Hall–Kier alpha value is -2.63. The highest BCUT2D eigenvalue weighted by Gasteiger charge is 2.17. The van der Waals surface area contributed by atoms with Gasteiger partial charge in [0.05, 0.1) is 12.1 Å². The minimum absolute atomic E-state index is 0.0216. The number of thioether (sulfide) groups is 1. The van der Waals surface area contributed by atoms with Crippen LogP contribution in [0.5, 0.6) is 11.5 Å². The zero-order chi connectivity index (χ0) is 19.1. The number of aromatic nitrogens is 2. The molecule has 0 fully saturated rings. The van der Waals surface area contributed by atoms with E-state index in [-0.39, 0.29) is 21.8 Å². The highest BCUT2D eigenvalue weighted by molar-refractivity contribution is 8.03. The number of carboxylic acid groups (broad SMARTS) is 1. The molecule has 0 aliphatic carbocycles. The first-order valence-corrected chi connectivity index (χ1v) is 8.56. The van der Waals surface area contributed by atoms with Crippen LogP contribution in [-0.2, 0) is 11.2 Å². The van der Waals surface area contributed by atoms with Gasteiger partial charge in [-0.25, -0.2) is 4.79 Å². The molecule has 0 aliphatic heterocycles. The SMILES string of the molecule is C#CCOc1c(Cl)cc(/C=C(/Sc2nnc(CC)o2)C(=O)O)cc1OC. The summed E-state index contributed by atoms with van der Waals surface area (Å²) in [5, 5.41) is 17.4. The first-order valence-electron chi connectivity index (χ1n) is 7.37. The van der Waals surface area contributed by atoms with Crippen molar-refractivity contribution in [3.63, 3.8) is 0 Å². The Morgan fingerprint density at radius 1 is 1.50 bits per heavy atom. The number of rotatable bonds is 8. The average Bonchev–Trinajstić information content (AvgIpc) is 3.07. The number of terminal acetylenes is 1. The maximum Gasteiger partial charge on any atom is 0.342 e. The van der Waals surface area contributed by atoms with E-state index < -0.39 is 5.97 Å². The lowest BCUT2D eigenvalue weighted by Crippen LogP contribution is -1.99. The number of methoxy groups -OCH3 is 1. The van der Waals surface area contributed by atoms with E-state index in [9.17, 15) is 9.90 Å². The second kappa shape index (κ2) is 9.17. The second-order valence-corrected chi connectivity index (χ2v) is 6.16. The van der Waals surface area contributed by atoms with Gasteiger partial charge >= 0.3 is 5.97 Å². The Morgan fingerprint density at radius 3 is 2.85 bits per heavy atom. The number of aryl methyl sites for hydroxylation is 1. The van der Waals surface area contributed by atoms with Crippen molar-refractivity contribution in [3.8, 4) is 23.8 Å². The minimum Gasteiger partial charge on any atom is -0.493 e. The lowest BCUT2D eigenvalue weighted by molar-refractivity contribution is -0.131. The molecular formula is C17H15ClN2O5S. The molecule has 2 aromatic rings. The number of ether oxygens (including phenoxy) is 2. The van der Waals surface area contributed by atoms with Gasteiger partial charge in [0.15, 0.2) is 11.5 Å². The third kappa shape index (κ3) is 4.94. The molecule has 1 aromatic heterocycles. The molecule has 0 atom stereocenters. The number of carbonyl (C=O) groups is 1. The Kier molecular flexibility index (Phi) is 6.95. The molecule has 136 valence electrons. The van der Waals surface area contributed by atoms with Crippen molar-refractivity contribution in [1.82, 2.24) is 10.2 Å². The lowest BCUT2D eigenvalue weighted by atomic mass is 10.2. The third-order valence-corrected chi connectivity index (χ3v) is 4.14. The first-order chi connectivity index (χ1) is 12.5. The molecule has 0 radical (unpaired) electrons. The van der Waals surface area contributed by atoms with Crippen LogP contribution in [0.2, 0.25) is 5.02 Å². The molecule has 0 spiro atoms. The Bertz CT molecular complexity index is 873. The van der Waals surface area contributed by atoms with Crippen LogP contribution in [-0.4, -0.2) is 35.0 Å². The fraction of sp³-hybridized carbons (Fsp3) is 0.235. The maximum atomic E-state index is 11.5. The summed E-state index contributed by atoms with van der Waals surface area (Å²) in [6, 6.07) is 3.14. The van der Waals surface area contributed by atoms with Crippen molar-refractivity contribution < 1.29 is 23.8 Å². The number of hydrogen-bond donors (Lipinski definition) is 1. The first kappa shape index (κ1) is 19.7. The molecule has 1 N–H and O–H groups in total. The predicted molar refractivity (Wildman–Crippen MR) is 97.5 cm³/mol. The van der Waals surface area contributed by atoms with Crippen molar-refractivity contribution in [3.05, 3.63) is 33.5 Å². The van der Waals surface area contributed by atoms with Gasteiger partial charge in [0.1, 0.15) is 11.5 Å². The van der Waals surface area contributed by atoms with E-state index >= 15 is 0 Å². The van der Waals surface area contributed by atoms with Crippen LogP contribution in [0.15, 0.2) is 26.7 Å². The quantitative estimate of drug-likeness (QED) is 0.413. The third-order valence-electron chi connectivity index (χ3n) is 3.01. The molecule has 2 rings (SSSR count). The zero-order valence-corrected chi connectivity index (χ0v) is 15.6. The van der Waals surface area contributed by atoms with E-state index in [1.165, 1.54) is 13.2 Å². The van der Waals surface area contributed by atoms with Crippen LogP contribution in [0.1, 0.15) is 18.4 Å². The van der Waals surface area contributed by atoms with E-state index in [4.69, 9.17) is 31.9 Å². The topological polar surface area (TPSA) is 94.7 Å². The summed E-state index contributed by atoms with van der Waals surface area (Å²) >= 11 is 7.04. The molecule has 1 aromatic carbocycles. The number of benzene rings is 1. The van der Waals surface area contributed by atoms with Gasteiger partial charge < -0.3 is 19.0 Å². The molecule has 0 amide bonds. The molecule has 0 aliphatic rings. The Morgan fingerprint density at radius 2 is 2.27 bits per heavy atom. The summed E-state index contributed by atoms with van der Waals surface area (Å²) in [5.41, 5.74) is 0.500. The Labute approximate surface area is 159 Å². The van der Waals surface area contributed by atoms with Crippen LogP contribution in [0.4, 0.5) is 0 Å². The molecule has 0 bridgehead atoms. The normalized spacial score (nSPS) is 11.1. The van der Waals surface area contributed by atoms with Gasteiger partial charge in [-0.2, -0.15) is 0 Å². The van der Waals surface area contributed by atoms with E-state index in [2.05, 4.69) is 16.1 Å². The largest absolute Gasteiger partial charge is 0.493 e. The summed E-state index contributed by atoms with van der Waals surface area (Å²) in [5.74, 6) is 2.24. The average molecular weight is 395 g/mol. The lowest BCUT2D eigenvalue weighted by Gasteiger charge is -2.12. The molecular weight excluding hydrogens is 380 g/mol. The molecule has 0 unspecified atom stereocenters. The second-order valence-electron chi connectivity index (χ2n) is 4.76. The van der Waals surface area contributed by atoms with Gasteiger partial charge in [-0.15, -0.1) is 16.6 Å². The van der Waals surface area contributed by atoms with E-state index in [1.807, 2.05) is 6.92 Å². The Balaban J connectivity index is 2.35. The number of nitrogens with zero attached hydrogens (tertiary/aromatic N) is 2. The summed E-state index contributed by atoms with van der Waals surface area (Å²) in [6.45, 7) is 1.88. The molecule has 1 heterocycles. The maximum absolute atomic E-state index is 11.5. The van der Waals surface area contributed by atoms with Gasteiger partial charge in [0.2, 0.25) is 5.89 Å². The van der Waals surface area contributed by atoms with E-state index in [1.54, 1.807) is 12.1 Å². The van der Waals surface area contributed by atoms with Gasteiger partial charge in [-0.3, -0.25) is 0 Å². The number of aliphatic carboxylic acids is 1. The van der Waals surface area contributed by atoms with E-state index in [0.717, 1.165) is 11.8 Å². The molecule has 7 nitrogen and oxygen atoms in total.